The Bertz CT molecular complexity index is 109. The van der Waals surface area contributed by atoms with Crippen LogP contribution in [0.2, 0.25) is 0 Å². The molecular weight excluding hydrogens is 211 g/mol. The molecule has 96 valence electrons. The molecule has 0 bridgehead atoms. The Labute approximate surface area is 96.8 Å². The molecule has 0 aliphatic heterocycles. The van der Waals surface area contributed by atoms with Crippen LogP contribution in [0.5, 0.6) is 0 Å². The lowest BCUT2D eigenvalue weighted by molar-refractivity contribution is 0.780. The first-order chi connectivity index (χ1) is 6.68. The van der Waals surface area contributed by atoms with Crippen LogP contribution in [-0.2, 0) is 0 Å². The summed E-state index contributed by atoms with van der Waals surface area (Å²) < 4.78 is 14.4. The fourth-order valence-corrected chi connectivity index (χ4v) is 4.55. The van der Waals surface area contributed by atoms with Gasteiger partial charge in [0.1, 0.15) is 0 Å². The van der Waals surface area contributed by atoms with Gasteiger partial charge in [0, 0.05) is 17.3 Å². The predicted molar refractivity (Wildman–Crippen MR) is 71.6 cm³/mol. The van der Waals surface area contributed by atoms with Crippen molar-refractivity contribution in [3.63, 3.8) is 0 Å². The Morgan fingerprint density at radius 2 is 1.00 bits per heavy atom. The van der Waals surface area contributed by atoms with Gasteiger partial charge in [-0.15, -0.1) is 0 Å². The van der Waals surface area contributed by atoms with Crippen LogP contribution < -0.4 is 0 Å². The SMILES string of the molecule is CCCCS(F)(CCCC)CCCC.O. The molecule has 0 saturated carbocycles. The van der Waals surface area contributed by atoms with Crippen LogP contribution in [0, 0.1) is 0 Å². The van der Waals surface area contributed by atoms with Crippen molar-refractivity contribution >= 4 is 10.4 Å². The molecule has 0 atom stereocenters. The molecule has 0 rings (SSSR count). The van der Waals surface area contributed by atoms with Gasteiger partial charge >= 0.3 is 0 Å². The van der Waals surface area contributed by atoms with Crippen LogP contribution in [0.4, 0.5) is 3.89 Å². The molecule has 0 fully saturated rings. The lowest BCUT2D eigenvalue weighted by atomic mass is 10.4. The van der Waals surface area contributed by atoms with Gasteiger partial charge in [0.25, 0.3) is 0 Å². The second-order valence-electron chi connectivity index (χ2n) is 4.11. The van der Waals surface area contributed by atoms with Crippen LogP contribution in [0.3, 0.4) is 0 Å². The summed E-state index contributed by atoms with van der Waals surface area (Å²) in [7, 11) is -1.73. The van der Waals surface area contributed by atoms with Crippen LogP contribution in [0.15, 0.2) is 0 Å². The maximum absolute atomic E-state index is 14.4. The minimum atomic E-state index is -1.73. The Kier molecular flexibility index (Phi) is 12.6. The second kappa shape index (κ2) is 10.7. The largest absolute Gasteiger partial charge is 0.412 e. The molecule has 0 aromatic carbocycles. The molecule has 0 heterocycles. The summed E-state index contributed by atoms with van der Waals surface area (Å²) in [6.07, 6.45) is 6.66. The second-order valence-corrected chi connectivity index (χ2v) is 7.22. The zero-order valence-corrected chi connectivity index (χ0v) is 11.5. The Morgan fingerprint density at radius 1 is 0.733 bits per heavy atom. The van der Waals surface area contributed by atoms with Crippen molar-refractivity contribution in [1.29, 1.82) is 0 Å². The minimum absolute atomic E-state index is 0. The summed E-state index contributed by atoms with van der Waals surface area (Å²) >= 11 is 0. The van der Waals surface area contributed by atoms with E-state index in [1.165, 1.54) is 0 Å². The first kappa shape index (κ1) is 17.6. The van der Waals surface area contributed by atoms with Crippen molar-refractivity contribution in [2.45, 2.75) is 59.3 Å². The van der Waals surface area contributed by atoms with Crippen LogP contribution in [0.1, 0.15) is 59.3 Å². The highest BCUT2D eigenvalue weighted by molar-refractivity contribution is 8.29. The molecule has 0 amide bonds. The van der Waals surface area contributed by atoms with Gasteiger partial charge in [0.05, 0.1) is 0 Å². The summed E-state index contributed by atoms with van der Waals surface area (Å²) in [5, 5.41) is 0. The van der Waals surface area contributed by atoms with Gasteiger partial charge in [-0.2, -0.15) is 3.89 Å². The van der Waals surface area contributed by atoms with E-state index in [1.807, 2.05) is 0 Å². The fraction of sp³-hybridized carbons (Fsp3) is 1.00. The van der Waals surface area contributed by atoms with Crippen LogP contribution >= 0.6 is 10.4 Å². The quantitative estimate of drug-likeness (QED) is 0.577. The van der Waals surface area contributed by atoms with Crippen molar-refractivity contribution in [2.75, 3.05) is 17.3 Å². The summed E-state index contributed by atoms with van der Waals surface area (Å²) in [5.74, 6) is 2.59. The third-order valence-corrected chi connectivity index (χ3v) is 5.65. The molecule has 0 aliphatic rings. The van der Waals surface area contributed by atoms with Gasteiger partial charge < -0.3 is 5.48 Å². The lowest BCUT2D eigenvalue weighted by Crippen LogP contribution is -2.09. The van der Waals surface area contributed by atoms with Gasteiger partial charge in [0.15, 0.2) is 0 Å². The van der Waals surface area contributed by atoms with Crippen molar-refractivity contribution in [3.8, 4) is 0 Å². The highest BCUT2D eigenvalue weighted by atomic mass is 32.3. The molecule has 0 aromatic rings. The first-order valence-electron chi connectivity index (χ1n) is 6.14. The smallest absolute Gasteiger partial charge is 0.00356 e. The van der Waals surface area contributed by atoms with Gasteiger partial charge in [-0.3, -0.25) is 0 Å². The third-order valence-electron chi connectivity index (χ3n) is 2.59. The molecule has 0 aromatic heterocycles. The number of hydrogen-bond acceptors (Lipinski definition) is 0. The molecule has 0 aliphatic carbocycles. The zero-order valence-electron chi connectivity index (χ0n) is 10.7. The highest BCUT2D eigenvalue weighted by Crippen LogP contribution is 2.51. The average Bonchev–Trinajstić information content (AvgIpc) is 2.21. The van der Waals surface area contributed by atoms with Crippen LogP contribution in [-0.4, -0.2) is 22.7 Å². The monoisotopic (exact) mass is 240 g/mol. The van der Waals surface area contributed by atoms with Crippen LogP contribution in [0.25, 0.3) is 0 Å². The zero-order chi connectivity index (χ0) is 10.9. The van der Waals surface area contributed by atoms with Crippen molar-refractivity contribution in [2.24, 2.45) is 0 Å². The first-order valence-corrected chi connectivity index (χ1v) is 8.18. The summed E-state index contributed by atoms with van der Waals surface area (Å²) in [6.45, 7) is 6.46. The standard InChI is InChI=1S/C12H27FS.H2O/c1-4-7-10-14(13,11-8-5-2)12-9-6-3;/h4-12H2,1-3H3;1H2. The van der Waals surface area contributed by atoms with E-state index in [2.05, 4.69) is 20.8 Å². The third kappa shape index (κ3) is 9.19. The average molecular weight is 240 g/mol. The molecule has 0 radical (unpaired) electrons. The summed E-state index contributed by atoms with van der Waals surface area (Å²) in [5.41, 5.74) is 0. The van der Waals surface area contributed by atoms with Crippen molar-refractivity contribution in [3.05, 3.63) is 0 Å². The molecule has 1 nitrogen and oxygen atoms in total. The highest BCUT2D eigenvalue weighted by Gasteiger charge is 2.20. The van der Waals surface area contributed by atoms with Crippen molar-refractivity contribution in [1.82, 2.24) is 0 Å². The van der Waals surface area contributed by atoms with Gasteiger partial charge in [-0.1, -0.05) is 50.4 Å². The molecule has 0 spiro atoms. The van der Waals surface area contributed by atoms with E-state index in [0.717, 1.165) is 55.8 Å². The normalized spacial score (nSPS) is 12.3. The van der Waals surface area contributed by atoms with E-state index in [4.69, 9.17) is 0 Å². The lowest BCUT2D eigenvalue weighted by Gasteiger charge is -2.30. The fourth-order valence-electron chi connectivity index (χ4n) is 1.52. The molecule has 2 N–H and O–H groups in total. The maximum atomic E-state index is 14.4. The minimum Gasteiger partial charge on any atom is -0.412 e. The topological polar surface area (TPSA) is 31.5 Å². The number of halogens is 1. The number of rotatable bonds is 9. The molecule has 15 heavy (non-hydrogen) atoms. The Morgan fingerprint density at radius 3 is 1.20 bits per heavy atom. The van der Waals surface area contributed by atoms with E-state index in [9.17, 15) is 3.89 Å². The summed E-state index contributed by atoms with van der Waals surface area (Å²) in [4.78, 5) is 0. The predicted octanol–water partition coefficient (Wildman–Crippen LogP) is 4.25. The van der Waals surface area contributed by atoms with E-state index in [-0.39, 0.29) is 5.48 Å². The van der Waals surface area contributed by atoms with E-state index in [1.54, 1.807) is 0 Å². The van der Waals surface area contributed by atoms with Gasteiger partial charge in [0.2, 0.25) is 0 Å². The Balaban J connectivity index is 0. The van der Waals surface area contributed by atoms with Gasteiger partial charge in [-0.05, 0) is 19.3 Å². The number of unbranched alkanes of at least 4 members (excludes halogenated alkanes) is 3. The van der Waals surface area contributed by atoms with E-state index >= 15 is 0 Å². The molecule has 0 saturated heterocycles. The van der Waals surface area contributed by atoms with Crippen molar-refractivity contribution < 1.29 is 9.36 Å². The van der Waals surface area contributed by atoms with Gasteiger partial charge in [-0.25, -0.2) is 0 Å². The molecular formula is C12H29FOS. The van der Waals surface area contributed by atoms with E-state index < -0.39 is 10.4 Å². The molecule has 0 unspecified atom stereocenters. The maximum Gasteiger partial charge on any atom is 0.00356 e. The Hall–Kier alpha value is 0.240. The summed E-state index contributed by atoms with van der Waals surface area (Å²) in [6, 6.07) is 0. The number of hydrogen-bond donors (Lipinski definition) is 0. The van der Waals surface area contributed by atoms with E-state index in [0.29, 0.717) is 0 Å². The molecule has 3 heteroatoms.